The summed E-state index contributed by atoms with van der Waals surface area (Å²) in [5.41, 5.74) is 11.0. The summed E-state index contributed by atoms with van der Waals surface area (Å²) in [4.78, 5) is 0. The molecule has 2 aliphatic carbocycles. The van der Waals surface area contributed by atoms with Crippen LogP contribution in [0.1, 0.15) is 36.1 Å². The van der Waals surface area contributed by atoms with Gasteiger partial charge in [-0.15, -0.1) is 0 Å². The minimum Gasteiger partial charge on any atom is -0.0683 e. The highest BCUT2D eigenvalue weighted by atomic mass is 14.5. The van der Waals surface area contributed by atoms with Crippen molar-refractivity contribution >= 4 is 0 Å². The summed E-state index contributed by atoms with van der Waals surface area (Å²) in [5, 5.41) is 0. The molecule has 0 heteroatoms. The predicted molar refractivity (Wildman–Crippen MR) is 114 cm³/mol. The maximum atomic E-state index is 2.31. The second-order valence-electron chi connectivity index (χ2n) is 6.94. The van der Waals surface area contributed by atoms with Crippen LogP contribution in [0.3, 0.4) is 0 Å². The second kappa shape index (κ2) is 5.96. The Morgan fingerprint density at radius 3 is 1.44 bits per heavy atom. The standard InChI is InChI=1S/C25H16.C2H6/c1-2-9-17(10-3-1)25-22-15-6-4-11-18(22)20-13-8-14-21(24(20)25)19-12-5-7-16-23(19)25;1-2/h1-16H;1-2H3. The van der Waals surface area contributed by atoms with E-state index in [1.165, 1.54) is 44.5 Å². The van der Waals surface area contributed by atoms with Crippen molar-refractivity contribution in [3.63, 3.8) is 0 Å². The monoisotopic (exact) mass is 346 g/mol. The summed E-state index contributed by atoms with van der Waals surface area (Å²) in [6.07, 6.45) is 0. The highest BCUT2D eigenvalue weighted by molar-refractivity contribution is 5.98. The molecule has 4 aromatic carbocycles. The van der Waals surface area contributed by atoms with Gasteiger partial charge in [-0.1, -0.05) is 111 Å². The van der Waals surface area contributed by atoms with Crippen molar-refractivity contribution in [3.8, 4) is 22.3 Å². The molecule has 0 spiro atoms. The number of rotatable bonds is 1. The van der Waals surface area contributed by atoms with Gasteiger partial charge >= 0.3 is 0 Å². The Hall–Kier alpha value is -3.12. The molecular weight excluding hydrogens is 324 g/mol. The van der Waals surface area contributed by atoms with Gasteiger partial charge in [-0.25, -0.2) is 0 Å². The van der Waals surface area contributed by atoms with Crippen molar-refractivity contribution in [2.24, 2.45) is 0 Å². The lowest BCUT2D eigenvalue weighted by atomic mass is 9.70. The molecule has 4 aromatic rings. The van der Waals surface area contributed by atoms with Crippen LogP contribution >= 0.6 is 0 Å². The van der Waals surface area contributed by atoms with Crippen LogP contribution in [0.15, 0.2) is 97.1 Å². The van der Waals surface area contributed by atoms with Crippen LogP contribution in [0, 0.1) is 0 Å². The Labute approximate surface area is 161 Å². The summed E-state index contributed by atoms with van der Waals surface area (Å²) in [5.74, 6) is 0. The summed E-state index contributed by atoms with van der Waals surface area (Å²) < 4.78 is 0. The van der Waals surface area contributed by atoms with Crippen molar-refractivity contribution < 1.29 is 0 Å². The third-order valence-electron chi connectivity index (χ3n) is 5.89. The molecule has 6 rings (SSSR count). The average Bonchev–Trinajstić information content (AvgIpc) is 3.24. The lowest BCUT2D eigenvalue weighted by molar-refractivity contribution is 0.792. The molecule has 0 amide bonds. The van der Waals surface area contributed by atoms with Crippen LogP contribution in [-0.2, 0) is 5.41 Å². The fourth-order valence-electron chi connectivity index (χ4n) is 5.05. The molecule has 0 atom stereocenters. The molecule has 0 bridgehead atoms. The molecule has 27 heavy (non-hydrogen) atoms. The van der Waals surface area contributed by atoms with E-state index in [1.54, 1.807) is 0 Å². The molecule has 0 fully saturated rings. The van der Waals surface area contributed by atoms with E-state index in [0.29, 0.717) is 0 Å². The molecule has 0 N–H and O–H groups in total. The van der Waals surface area contributed by atoms with Gasteiger partial charge in [-0.2, -0.15) is 0 Å². The normalized spacial score (nSPS) is 13.9. The fraction of sp³-hybridized carbons (Fsp3) is 0.111. The van der Waals surface area contributed by atoms with Gasteiger partial charge in [0, 0.05) is 0 Å². The molecule has 130 valence electrons. The van der Waals surface area contributed by atoms with Crippen molar-refractivity contribution in [1.82, 2.24) is 0 Å². The fourth-order valence-corrected chi connectivity index (χ4v) is 5.05. The molecule has 0 nitrogen and oxygen atoms in total. The third-order valence-corrected chi connectivity index (χ3v) is 5.89. The topological polar surface area (TPSA) is 0 Å². The van der Waals surface area contributed by atoms with Gasteiger partial charge in [0.1, 0.15) is 0 Å². The maximum absolute atomic E-state index is 2.31. The summed E-state index contributed by atoms with van der Waals surface area (Å²) in [6, 6.07) is 35.6. The van der Waals surface area contributed by atoms with E-state index in [2.05, 4.69) is 97.1 Å². The Balaban J connectivity index is 0.000000777. The van der Waals surface area contributed by atoms with Gasteiger partial charge in [0.25, 0.3) is 0 Å². The van der Waals surface area contributed by atoms with Gasteiger partial charge in [-0.05, 0) is 44.5 Å². The van der Waals surface area contributed by atoms with Crippen LogP contribution < -0.4 is 0 Å². The molecule has 0 saturated heterocycles. The Kier molecular flexibility index (Phi) is 3.55. The van der Waals surface area contributed by atoms with Crippen LogP contribution in [-0.4, -0.2) is 0 Å². The average molecular weight is 346 g/mol. The van der Waals surface area contributed by atoms with Crippen molar-refractivity contribution in [3.05, 3.63) is 119 Å². The van der Waals surface area contributed by atoms with Gasteiger partial charge in [0.2, 0.25) is 0 Å². The Bertz CT molecular complexity index is 1070. The first kappa shape index (κ1) is 16.1. The van der Waals surface area contributed by atoms with Crippen LogP contribution in [0.25, 0.3) is 22.3 Å². The zero-order valence-corrected chi connectivity index (χ0v) is 15.7. The molecule has 0 unspecified atom stereocenters. The van der Waals surface area contributed by atoms with Gasteiger partial charge in [-0.3, -0.25) is 0 Å². The highest BCUT2D eigenvalue weighted by Gasteiger charge is 2.51. The van der Waals surface area contributed by atoms with Crippen LogP contribution in [0.4, 0.5) is 0 Å². The molecule has 0 aliphatic heterocycles. The molecule has 0 saturated carbocycles. The first-order valence-electron chi connectivity index (χ1n) is 9.81. The summed E-state index contributed by atoms with van der Waals surface area (Å²) in [7, 11) is 0. The van der Waals surface area contributed by atoms with E-state index < -0.39 is 0 Å². The SMILES string of the molecule is CC.c1ccc(C23c4ccccc4-c4cccc(c42)-c2ccccc23)cc1. The van der Waals surface area contributed by atoms with E-state index >= 15 is 0 Å². The van der Waals surface area contributed by atoms with Gasteiger partial charge in [0.15, 0.2) is 0 Å². The minimum atomic E-state index is -0.180. The smallest absolute Gasteiger partial charge is 0.0683 e. The highest BCUT2D eigenvalue weighted by Crippen LogP contribution is 2.63. The number of hydrogen-bond donors (Lipinski definition) is 0. The Morgan fingerprint density at radius 1 is 0.444 bits per heavy atom. The van der Waals surface area contributed by atoms with Crippen molar-refractivity contribution in [1.29, 1.82) is 0 Å². The molecule has 0 aromatic heterocycles. The van der Waals surface area contributed by atoms with E-state index in [1.807, 2.05) is 13.8 Å². The van der Waals surface area contributed by atoms with Crippen molar-refractivity contribution in [2.45, 2.75) is 19.3 Å². The van der Waals surface area contributed by atoms with Gasteiger partial charge < -0.3 is 0 Å². The first-order chi connectivity index (χ1) is 13.4. The number of benzene rings is 4. The van der Waals surface area contributed by atoms with E-state index in [0.717, 1.165) is 0 Å². The number of hydrogen-bond acceptors (Lipinski definition) is 0. The molecule has 0 heterocycles. The van der Waals surface area contributed by atoms with E-state index in [-0.39, 0.29) is 5.41 Å². The third kappa shape index (κ3) is 1.88. The second-order valence-corrected chi connectivity index (χ2v) is 6.94. The van der Waals surface area contributed by atoms with E-state index in [9.17, 15) is 0 Å². The zero-order chi connectivity index (χ0) is 18.4. The quantitative estimate of drug-likeness (QED) is 0.299. The largest absolute Gasteiger partial charge is 0.0725 e. The summed E-state index contributed by atoms with van der Waals surface area (Å²) in [6.45, 7) is 4.00. The zero-order valence-electron chi connectivity index (χ0n) is 15.7. The Morgan fingerprint density at radius 2 is 0.889 bits per heavy atom. The van der Waals surface area contributed by atoms with Crippen LogP contribution in [0.5, 0.6) is 0 Å². The minimum absolute atomic E-state index is 0.180. The van der Waals surface area contributed by atoms with Crippen LogP contribution in [0.2, 0.25) is 0 Å². The predicted octanol–water partition coefficient (Wildman–Crippen LogP) is 7.06. The lowest BCUT2D eigenvalue weighted by Crippen LogP contribution is -2.25. The van der Waals surface area contributed by atoms with Crippen molar-refractivity contribution in [2.75, 3.05) is 0 Å². The first-order valence-corrected chi connectivity index (χ1v) is 9.81. The molecule has 2 aliphatic rings. The number of fused-ring (bicyclic) bond motifs is 6. The van der Waals surface area contributed by atoms with E-state index in [4.69, 9.17) is 0 Å². The summed E-state index contributed by atoms with van der Waals surface area (Å²) >= 11 is 0. The maximum Gasteiger partial charge on any atom is 0.0725 e. The lowest BCUT2D eigenvalue weighted by Gasteiger charge is -2.30. The van der Waals surface area contributed by atoms with Gasteiger partial charge in [0.05, 0.1) is 5.41 Å². The molecular formula is C27H22. The molecule has 0 radical (unpaired) electrons.